The van der Waals surface area contributed by atoms with Gasteiger partial charge in [0.05, 0.1) is 0 Å². The minimum absolute atomic E-state index is 0.146. The molecule has 4 nitrogen and oxygen atoms in total. The summed E-state index contributed by atoms with van der Waals surface area (Å²) in [6, 6.07) is 5.50. The largest absolute Gasteiger partial charge is 0.458 e. The number of allylic oxidation sites excluding steroid dienone is 2. The van der Waals surface area contributed by atoms with E-state index >= 15 is 0 Å². The van der Waals surface area contributed by atoms with Crippen LogP contribution in [0.2, 0.25) is 0 Å². The van der Waals surface area contributed by atoms with Gasteiger partial charge in [0.2, 0.25) is 0 Å². The summed E-state index contributed by atoms with van der Waals surface area (Å²) in [5.74, 6) is -4.74. The number of ether oxygens (including phenoxy) is 2. The van der Waals surface area contributed by atoms with Gasteiger partial charge < -0.3 is 9.47 Å². The lowest BCUT2D eigenvalue weighted by atomic mass is 10.2. The molecule has 0 amide bonds. The highest BCUT2D eigenvalue weighted by Gasteiger charge is 2.04. The molecule has 146 valence electrons. The number of rotatable bonds is 7. The van der Waals surface area contributed by atoms with Crippen molar-refractivity contribution >= 4 is 11.9 Å². The van der Waals surface area contributed by atoms with Crippen LogP contribution in [0, 0.1) is 23.3 Å². The molecule has 0 atom stereocenters. The number of carbonyl (C=O) groups excluding carboxylic acids is 2. The molecule has 0 N–H and O–H groups in total. The molecule has 0 bridgehead atoms. The van der Waals surface area contributed by atoms with Crippen molar-refractivity contribution in [3.8, 4) is 0 Å². The van der Waals surface area contributed by atoms with Crippen LogP contribution >= 0.6 is 0 Å². The molecule has 8 heteroatoms. The third-order valence-electron chi connectivity index (χ3n) is 3.18. The van der Waals surface area contributed by atoms with Gasteiger partial charge in [-0.2, -0.15) is 0 Å². The number of benzene rings is 2. The maximum Gasteiger partial charge on any atom is 0.331 e. The highest BCUT2D eigenvalue weighted by atomic mass is 19.1. The average Bonchev–Trinajstić information content (AvgIpc) is 2.60. The molecule has 0 fully saturated rings. The van der Waals surface area contributed by atoms with Crippen LogP contribution in [-0.2, 0) is 32.3 Å². The quantitative estimate of drug-likeness (QED) is 0.307. The van der Waals surface area contributed by atoms with Crippen molar-refractivity contribution in [2.45, 2.75) is 13.2 Å². The van der Waals surface area contributed by atoms with Crippen molar-refractivity contribution in [3.63, 3.8) is 0 Å². The summed E-state index contributed by atoms with van der Waals surface area (Å²) < 4.78 is 61.6. The number of hydrogen-bond donors (Lipinski definition) is 0. The molecule has 0 aliphatic rings. The fourth-order valence-electron chi connectivity index (χ4n) is 2.06. The van der Waals surface area contributed by atoms with Crippen LogP contribution < -0.4 is 0 Å². The Balaban J connectivity index is 1.75. The van der Waals surface area contributed by atoms with Gasteiger partial charge in [-0.3, -0.25) is 0 Å². The van der Waals surface area contributed by atoms with Crippen LogP contribution in [0.4, 0.5) is 17.6 Å². The van der Waals surface area contributed by atoms with E-state index in [1.54, 1.807) is 0 Å². The molecule has 0 unspecified atom stereocenters. The second-order valence-electron chi connectivity index (χ2n) is 5.49. The van der Waals surface area contributed by atoms with E-state index in [0.717, 1.165) is 36.4 Å². The third-order valence-corrected chi connectivity index (χ3v) is 3.18. The summed E-state index contributed by atoms with van der Waals surface area (Å²) in [5.41, 5.74) is 0.291. The van der Waals surface area contributed by atoms with Gasteiger partial charge in [0.25, 0.3) is 0 Å². The normalized spacial score (nSPS) is 11.1. The van der Waals surface area contributed by atoms with E-state index < -0.39 is 35.2 Å². The summed E-state index contributed by atoms with van der Waals surface area (Å²) in [4.78, 5) is 23.0. The molecule has 0 heterocycles. The molecule has 0 aliphatic carbocycles. The van der Waals surface area contributed by atoms with Crippen molar-refractivity contribution < 1.29 is 36.6 Å². The van der Waals surface area contributed by atoms with E-state index in [9.17, 15) is 27.2 Å². The molecule has 0 spiro atoms. The lowest BCUT2D eigenvalue weighted by Gasteiger charge is -2.03. The Labute approximate surface area is 157 Å². The molecular formula is C20H14F4O4. The Bertz CT molecular complexity index is 806. The van der Waals surface area contributed by atoms with Crippen LogP contribution in [0.1, 0.15) is 11.1 Å². The standard InChI is InChI=1S/C20H14F4O4/c21-15-5-13(6-16(22)9-15)11-27-19(25)3-1-2-4-20(26)28-12-14-7-17(23)10-18(24)8-14/h1-10H,11-12H2/b3-1-,4-2-. The van der Waals surface area contributed by atoms with Gasteiger partial charge in [-0.05, 0) is 35.4 Å². The summed E-state index contributed by atoms with van der Waals surface area (Å²) in [6.07, 6.45) is 4.36. The van der Waals surface area contributed by atoms with Gasteiger partial charge >= 0.3 is 11.9 Å². The summed E-state index contributed by atoms with van der Waals surface area (Å²) >= 11 is 0. The lowest BCUT2D eigenvalue weighted by Crippen LogP contribution is -2.02. The summed E-state index contributed by atoms with van der Waals surface area (Å²) in [6.45, 7) is -0.651. The molecule has 0 saturated carbocycles. The second-order valence-corrected chi connectivity index (χ2v) is 5.49. The van der Waals surface area contributed by atoms with E-state index in [0.29, 0.717) is 12.1 Å². The molecule has 2 aromatic rings. The maximum absolute atomic E-state index is 13.0. The Morgan fingerprint density at radius 3 is 1.29 bits per heavy atom. The summed E-state index contributed by atoms with van der Waals surface area (Å²) in [5, 5.41) is 0. The second kappa shape index (κ2) is 10.1. The third kappa shape index (κ3) is 7.45. The molecule has 28 heavy (non-hydrogen) atoms. The molecule has 0 aromatic heterocycles. The molecule has 0 radical (unpaired) electrons. The zero-order chi connectivity index (χ0) is 20.5. The fourth-order valence-corrected chi connectivity index (χ4v) is 2.06. The van der Waals surface area contributed by atoms with Gasteiger partial charge in [-0.1, -0.05) is 12.2 Å². The Kier molecular flexibility index (Phi) is 7.50. The number of halogens is 4. The monoisotopic (exact) mass is 394 g/mol. The highest BCUT2D eigenvalue weighted by Crippen LogP contribution is 2.10. The highest BCUT2D eigenvalue weighted by molar-refractivity contribution is 5.84. The molecule has 0 saturated heterocycles. The van der Waals surface area contributed by atoms with E-state index in [-0.39, 0.29) is 24.3 Å². The average molecular weight is 394 g/mol. The first kappa shape index (κ1) is 20.9. The zero-order valence-corrected chi connectivity index (χ0v) is 14.3. The van der Waals surface area contributed by atoms with Crippen molar-refractivity contribution in [2.24, 2.45) is 0 Å². The van der Waals surface area contributed by atoms with Crippen LogP contribution in [0.5, 0.6) is 0 Å². The topological polar surface area (TPSA) is 52.6 Å². The first-order valence-electron chi connectivity index (χ1n) is 7.90. The number of hydrogen-bond acceptors (Lipinski definition) is 4. The van der Waals surface area contributed by atoms with Crippen LogP contribution in [0.3, 0.4) is 0 Å². The SMILES string of the molecule is O=C(/C=C\C=C/C(=O)OCc1cc(F)cc(F)c1)OCc1cc(F)cc(F)c1. The predicted molar refractivity (Wildman–Crippen MR) is 90.6 cm³/mol. The van der Waals surface area contributed by atoms with Crippen molar-refractivity contribution in [1.29, 1.82) is 0 Å². The maximum atomic E-state index is 13.0. The molecule has 0 aliphatic heterocycles. The number of carbonyl (C=O) groups is 2. The Morgan fingerprint density at radius 1 is 0.643 bits per heavy atom. The predicted octanol–water partition coefficient (Wildman–Crippen LogP) is 4.14. The van der Waals surface area contributed by atoms with Gasteiger partial charge in [0, 0.05) is 24.3 Å². The van der Waals surface area contributed by atoms with Crippen molar-refractivity contribution in [2.75, 3.05) is 0 Å². The zero-order valence-electron chi connectivity index (χ0n) is 14.3. The van der Waals surface area contributed by atoms with Gasteiger partial charge in [0.15, 0.2) is 0 Å². The number of esters is 2. The minimum atomic E-state index is -0.794. The molecule has 2 rings (SSSR count). The van der Waals surface area contributed by atoms with Gasteiger partial charge in [-0.25, -0.2) is 27.2 Å². The fraction of sp³-hybridized carbons (Fsp3) is 0.100. The van der Waals surface area contributed by atoms with Crippen molar-refractivity contribution in [3.05, 3.63) is 95.1 Å². The Morgan fingerprint density at radius 2 is 0.964 bits per heavy atom. The van der Waals surface area contributed by atoms with E-state index in [2.05, 4.69) is 0 Å². The molecule has 2 aromatic carbocycles. The van der Waals surface area contributed by atoms with E-state index in [1.807, 2.05) is 0 Å². The van der Waals surface area contributed by atoms with E-state index in [1.165, 1.54) is 12.2 Å². The van der Waals surface area contributed by atoms with E-state index in [4.69, 9.17) is 9.47 Å². The minimum Gasteiger partial charge on any atom is -0.458 e. The van der Waals surface area contributed by atoms with Crippen LogP contribution in [-0.4, -0.2) is 11.9 Å². The van der Waals surface area contributed by atoms with Crippen LogP contribution in [0.15, 0.2) is 60.7 Å². The summed E-state index contributed by atoms with van der Waals surface area (Å²) in [7, 11) is 0. The first-order valence-corrected chi connectivity index (χ1v) is 7.90. The van der Waals surface area contributed by atoms with Crippen molar-refractivity contribution in [1.82, 2.24) is 0 Å². The van der Waals surface area contributed by atoms with Gasteiger partial charge in [-0.15, -0.1) is 0 Å². The Hall–Kier alpha value is -3.42. The molecular weight excluding hydrogens is 380 g/mol. The first-order chi connectivity index (χ1) is 13.3. The van der Waals surface area contributed by atoms with Gasteiger partial charge in [0.1, 0.15) is 36.5 Å². The van der Waals surface area contributed by atoms with Crippen LogP contribution in [0.25, 0.3) is 0 Å². The lowest BCUT2D eigenvalue weighted by molar-refractivity contribution is -0.140. The smallest absolute Gasteiger partial charge is 0.331 e.